The first-order valence-corrected chi connectivity index (χ1v) is 7.40. The Balaban J connectivity index is 2.22. The largest absolute Gasteiger partial charge is 0.396 e. The van der Waals surface area contributed by atoms with Crippen LogP contribution in [0.1, 0.15) is 24.0 Å². The minimum absolute atomic E-state index is 0.193. The third-order valence-corrected chi connectivity index (χ3v) is 3.87. The summed E-state index contributed by atoms with van der Waals surface area (Å²) < 4.78 is 0. The van der Waals surface area contributed by atoms with Crippen LogP contribution in [-0.2, 0) is 6.42 Å². The fourth-order valence-corrected chi connectivity index (χ4v) is 2.85. The van der Waals surface area contributed by atoms with E-state index in [-0.39, 0.29) is 6.61 Å². The van der Waals surface area contributed by atoms with E-state index in [9.17, 15) is 5.26 Å². The van der Waals surface area contributed by atoms with Gasteiger partial charge < -0.3 is 5.11 Å². The molecule has 4 heteroatoms. The number of fused-ring (bicyclic) bond motifs is 1. The van der Waals surface area contributed by atoms with Gasteiger partial charge in [-0.2, -0.15) is 10.4 Å². The SMILES string of the molecule is N#Cc1c(-c2ccn[nH]2)c(CCCCO)cc2ccccc12. The highest BCUT2D eigenvalue weighted by Gasteiger charge is 2.15. The maximum Gasteiger partial charge on any atom is 0.100 e. The summed E-state index contributed by atoms with van der Waals surface area (Å²) in [5.74, 6) is 0. The van der Waals surface area contributed by atoms with Gasteiger partial charge in [0.15, 0.2) is 0 Å². The Kier molecular flexibility index (Phi) is 4.17. The predicted molar refractivity (Wildman–Crippen MR) is 86.3 cm³/mol. The maximum absolute atomic E-state index is 9.69. The number of unbranched alkanes of at least 4 members (excludes halogenated alkanes) is 1. The summed E-state index contributed by atoms with van der Waals surface area (Å²) in [7, 11) is 0. The van der Waals surface area contributed by atoms with Gasteiger partial charge in [-0.1, -0.05) is 30.3 Å². The van der Waals surface area contributed by atoms with Gasteiger partial charge in [0.05, 0.1) is 11.3 Å². The lowest BCUT2D eigenvalue weighted by Gasteiger charge is -2.13. The van der Waals surface area contributed by atoms with Crippen molar-refractivity contribution in [3.05, 3.63) is 53.7 Å². The molecule has 0 aliphatic carbocycles. The molecular weight excluding hydrogens is 274 g/mol. The summed E-state index contributed by atoms with van der Waals surface area (Å²) >= 11 is 0. The van der Waals surface area contributed by atoms with Crippen molar-refractivity contribution in [2.24, 2.45) is 0 Å². The molecule has 1 aromatic heterocycles. The van der Waals surface area contributed by atoms with Crippen LogP contribution >= 0.6 is 0 Å². The van der Waals surface area contributed by atoms with Gasteiger partial charge in [0, 0.05) is 23.8 Å². The number of benzene rings is 2. The van der Waals surface area contributed by atoms with E-state index in [1.165, 1.54) is 0 Å². The predicted octanol–water partition coefficient (Wildman–Crippen LogP) is 3.42. The van der Waals surface area contributed by atoms with E-state index in [0.717, 1.165) is 46.9 Å². The van der Waals surface area contributed by atoms with E-state index in [1.54, 1.807) is 6.20 Å². The van der Waals surface area contributed by atoms with Gasteiger partial charge in [-0.15, -0.1) is 0 Å². The van der Waals surface area contributed by atoms with Gasteiger partial charge in [-0.25, -0.2) is 0 Å². The minimum Gasteiger partial charge on any atom is -0.396 e. The first-order chi connectivity index (χ1) is 10.8. The Bertz CT molecular complexity index is 816. The van der Waals surface area contributed by atoms with Crippen LogP contribution in [0.15, 0.2) is 42.6 Å². The number of nitrogens with zero attached hydrogens (tertiary/aromatic N) is 2. The first kappa shape index (κ1) is 14.3. The fraction of sp³-hybridized carbons (Fsp3) is 0.222. The number of nitriles is 1. The Morgan fingerprint density at radius 2 is 2.05 bits per heavy atom. The third-order valence-electron chi connectivity index (χ3n) is 3.87. The molecule has 2 N–H and O–H groups in total. The van der Waals surface area contributed by atoms with E-state index in [1.807, 2.05) is 30.3 Å². The summed E-state index contributed by atoms with van der Waals surface area (Å²) in [6.07, 6.45) is 4.18. The molecule has 0 saturated carbocycles. The summed E-state index contributed by atoms with van der Waals surface area (Å²) in [6.45, 7) is 0.193. The number of hydrogen-bond donors (Lipinski definition) is 2. The molecule has 0 atom stereocenters. The highest BCUT2D eigenvalue weighted by molar-refractivity contribution is 5.95. The number of hydrogen-bond acceptors (Lipinski definition) is 3. The molecular formula is C18H17N3O. The molecule has 0 aliphatic heterocycles. The molecule has 0 spiro atoms. The summed E-state index contributed by atoms with van der Waals surface area (Å²) in [6, 6.07) is 14.3. The number of aliphatic hydroxyl groups is 1. The zero-order chi connectivity index (χ0) is 15.4. The van der Waals surface area contributed by atoms with Crippen molar-refractivity contribution in [2.45, 2.75) is 19.3 Å². The highest BCUT2D eigenvalue weighted by Crippen LogP contribution is 2.33. The topological polar surface area (TPSA) is 72.7 Å². The number of aromatic nitrogens is 2. The minimum atomic E-state index is 0.193. The van der Waals surface area contributed by atoms with Crippen LogP contribution in [0.25, 0.3) is 22.0 Å². The Hall–Kier alpha value is -2.64. The summed E-state index contributed by atoms with van der Waals surface area (Å²) in [5.41, 5.74) is 3.59. The monoisotopic (exact) mass is 291 g/mol. The van der Waals surface area contributed by atoms with Crippen molar-refractivity contribution in [3.8, 4) is 17.3 Å². The molecule has 4 nitrogen and oxygen atoms in total. The van der Waals surface area contributed by atoms with E-state index in [4.69, 9.17) is 5.11 Å². The lowest BCUT2D eigenvalue weighted by atomic mass is 9.90. The van der Waals surface area contributed by atoms with Crippen LogP contribution in [0.3, 0.4) is 0 Å². The molecule has 1 heterocycles. The molecule has 0 bridgehead atoms. The second-order valence-electron chi connectivity index (χ2n) is 5.27. The van der Waals surface area contributed by atoms with Crippen molar-refractivity contribution in [1.82, 2.24) is 10.2 Å². The van der Waals surface area contributed by atoms with Gasteiger partial charge in [0.1, 0.15) is 6.07 Å². The van der Waals surface area contributed by atoms with Crippen molar-refractivity contribution in [1.29, 1.82) is 5.26 Å². The van der Waals surface area contributed by atoms with E-state index in [0.29, 0.717) is 5.56 Å². The van der Waals surface area contributed by atoms with Crippen LogP contribution in [0.4, 0.5) is 0 Å². The van der Waals surface area contributed by atoms with Crippen LogP contribution < -0.4 is 0 Å². The zero-order valence-corrected chi connectivity index (χ0v) is 12.2. The molecule has 0 saturated heterocycles. The van der Waals surface area contributed by atoms with Crippen molar-refractivity contribution in [3.63, 3.8) is 0 Å². The molecule has 2 aromatic carbocycles. The molecule has 22 heavy (non-hydrogen) atoms. The van der Waals surface area contributed by atoms with Gasteiger partial charge in [0.2, 0.25) is 0 Å². The molecule has 0 unspecified atom stereocenters. The van der Waals surface area contributed by atoms with Crippen molar-refractivity contribution < 1.29 is 5.11 Å². The van der Waals surface area contributed by atoms with Gasteiger partial charge >= 0.3 is 0 Å². The fourth-order valence-electron chi connectivity index (χ4n) is 2.85. The average molecular weight is 291 g/mol. The zero-order valence-electron chi connectivity index (χ0n) is 12.2. The number of nitrogens with one attached hydrogen (secondary N) is 1. The number of aromatic amines is 1. The number of aryl methyl sites for hydroxylation is 1. The molecule has 0 radical (unpaired) electrons. The normalized spacial score (nSPS) is 10.7. The Morgan fingerprint density at radius 1 is 1.18 bits per heavy atom. The maximum atomic E-state index is 9.69. The van der Waals surface area contributed by atoms with E-state index in [2.05, 4.69) is 22.3 Å². The van der Waals surface area contributed by atoms with Crippen molar-refractivity contribution in [2.75, 3.05) is 6.61 Å². The van der Waals surface area contributed by atoms with E-state index >= 15 is 0 Å². The van der Waals surface area contributed by atoms with Crippen molar-refractivity contribution >= 4 is 10.8 Å². The molecule has 0 amide bonds. The molecule has 3 rings (SSSR count). The summed E-state index contributed by atoms with van der Waals surface area (Å²) in [5, 5.41) is 27.7. The smallest absolute Gasteiger partial charge is 0.100 e. The third kappa shape index (κ3) is 2.59. The van der Waals surface area contributed by atoms with Crippen LogP contribution in [0.5, 0.6) is 0 Å². The Morgan fingerprint density at radius 3 is 2.77 bits per heavy atom. The van der Waals surface area contributed by atoms with Gasteiger partial charge in [-0.3, -0.25) is 5.10 Å². The van der Waals surface area contributed by atoms with E-state index < -0.39 is 0 Å². The lowest BCUT2D eigenvalue weighted by Crippen LogP contribution is -1.97. The van der Waals surface area contributed by atoms with Gasteiger partial charge in [0.25, 0.3) is 0 Å². The highest BCUT2D eigenvalue weighted by atomic mass is 16.2. The Labute approximate surface area is 129 Å². The second kappa shape index (κ2) is 6.42. The first-order valence-electron chi connectivity index (χ1n) is 7.40. The number of aliphatic hydroxyl groups excluding tert-OH is 1. The molecule has 0 fully saturated rings. The average Bonchev–Trinajstić information content (AvgIpc) is 3.07. The van der Waals surface area contributed by atoms with Crippen LogP contribution in [-0.4, -0.2) is 21.9 Å². The summed E-state index contributed by atoms with van der Waals surface area (Å²) in [4.78, 5) is 0. The lowest BCUT2D eigenvalue weighted by molar-refractivity contribution is 0.284. The second-order valence-corrected chi connectivity index (χ2v) is 5.27. The quantitative estimate of drug-likeness (QED) is 0.707. The number of H-pyrrole nitrogens is 1. The molecule has 3 aromatic rings. The van der Waals surface area contributed by atoms with Crippen LogP contribution in [0, 0.1) is 11.3 Å². The van der Waals surface area contributed by atoms with Gasteiger partial charge in [-0.05, 0) is 36.3 Å². The molecule has 110 valence electrons. The van der Waals surface area contributed by atoms with Crippen LogP contribution in [0.2, 0.25) is 0 Å². The molecule has 0 aliphatic rings. The standard InChI is InChI=1S/C18H17N3O/c19-12-16-15-7-2-1-5-13(15)11-14(6-3-4-10-22)18(16)17-8-9-20-21-17/h1-2,5,7-9,11,22H,3-4,6,10H2,(H,20,21). The number of rotatable bonds is 5.